The molecular formula is C22H34O4. The standard InChI is InChI=1S/C22H34O4/c1-13(2)15-7-9-17-16(19(15)26-14(3)23)8-10-18-21(17,4)11-6-12-22(18,5)20(24)25/h8,13,15,17-19H,6-7,9-12H2,1-5H3,(H,24,25). The summed E-state index contributed by atoms with van der Waals surface area (Å²) in [6.07, 6.45) is 7.81. The molecule has 0 aliphatic heterocycles. The SMILES string of the molecule is CC(=O)OC1C2=CCC3C(C)(C(=O)O)CCCC3(C)C2CCC1C(C)C. The first-order valence-corrected chi connectivity index (χ1v) is 10.2. The third kappa shape index (κ3) is 2.90. The van der Waals surface area contributed by atoms with E-state index in [1.54, 1.807) is 0 Å². The number of fused-ring (bicyclic) bond motifs is 3. The Kier molecular flexibility index (Phi) is 5.00. The minimum absolute atomic E-state index is 0.0180. The first-order valence-electron chi connectivity index (χ1n) is 10.2. The summed E-state index contributed by atoms with van der Waals surface area (Å²) < 4.78 is 5.84. The zero-order valence-electron chi connectivity index (χ0n) is 16.9. The molecule has 146 valence electrons. The molecule has 4 nitrogen and oxygen atoms in total. The Hall–Kier alpha value is -1.32. The summed E-state index contributed by atoms with van der Waals surface area (Å²) in [5.74, 6) is 0.438. The zero-order valence-corrected chi connectivity index (χ0v) is 16.9. The van der Waals surface area contributed by atoms with Crippen LogP contribution in [0.15, 0.2) is 11.6 Å². The van der Waals surface area contributed by atoms with Crippen molar-refractivity contribution in [2.75, 3.05) is 0 Å². The average Bonchev–Trinajstić information content (AvgIpc) is 2.54. The van der Waals surface area contributed by atoms with E-state index in [0.717, 1.165) is 38.5 Å². The fourth-order valence-corrected chi connectivity index (χ4v) is 6.48. The second kappa shape index (κ2) is 6.69. The summed E-state index contributed by atoms with van der Waals surface area (Å²) in [7, 11) is 0. The van der Waals surface area contributed by atoms with E-state index < -0.39 is 11.4 Å². The molecule has 2 saturated carbocycles. The Bertz CT molecular complexity index is 622. The quantitative estimate of drug-likeness (QED) is 0.577. The fraction of sp³-hybridized carbons (Fsp3) is 0.818. The van der Waals surface area contributed by atoms with E-state index in [4.69, 9.17) is 4.74 Å². The van der Waals surface area contributed by atoms with Crippen LogP contribution in [-0.4, -0.2) is 23.1 Å². The van der Waals surface area contributed by atoms with E-state index in [0.29, 0.717) is 17.8 Å². The van der Waals surface area contributed by atoms with Crippen LogP contribution < -0.4 is 0 Å². The van der Waals surface area contributed by atoms with Gasteiger partial charge in [0.2, 0.25) is 0 Å². The van der Waals surface area contributed by atoms with E-state index in [-0.39, 0.29) is 23.4 Å². The number of allylic oxidation sites excluding steroid dienone is 1. The van der Waals surface area contributed by atoms with Crippen molar-refractivity contribution in [3.8, 4) is 0 Å². The lowest BCUT2D eigenvalue weighted by atomic mass is 9.45. The van der Waals surface area contributed by atoms with E-state index >= 15 is 0 Å². The molecule has 3 aliphatic rings. The van der Waals surface area contributed by atoms with Gasteiger partial charge < -0.3 is 9.84 Å². The highest BCUT2D eigenvalue weighted by Crippen LogP contribution is 2.63. The first kappa shape index (κ1) is 19.4. The highest BCUT2D eigenvalue weighted by Gasteiger charge is 2.59. The van der Waals surface area contributed by atoms with Crippen LogP contribution >= 0.6 is 0 Å². The monoisotopic (exact) mass is 362 g/mol. The third-order valence-electron chi connectivity index (χ3n) is 7.91. The second-order valence-corrected chi connectivity index (χ2v) is 9.64. The van der Waals surface area contributed by atoms with Crippen LogP contribution in [0.25, 0.3) is 0 Å². The zero-order chi connectivity index (χ0) is 19.3. The Balaban J connectivity index is 2.01. The number of hydrogen-bond acceptors (Lipinski definition) is 3. The van der Waals surface area contributed by atoms with Gasteiger partial charge in [-0.1, -0.05) is 33.3 Å². The van der Waals surface area contributed by atoms with Crippen molar-refractivity contribution < 1.29 is 19.4 Å². The van der Waals surface area contributed by atoms with E-state index in [1.165, 1.54) is 12.5 Å². The van der Waals surface area contributed by atoms with Gasteiger partial charge in [-0.25, -0.2) is 0 Å². The van der Waals surface area contributed by atoms with Crippen molar-refractivity contribution >= 4 is 11.9 Å². The topological polar surface area (TPSA) is 63.6 Å². The van der Waals surface area contributed by atoms with Gasteiger partial charge in [-0.3, -0.25) is 9.59 Å². The summed E-state index contributed by atoms with van der Waals surface area (Å²) >= 11 is 0. The molecule has 26 heavy (non-hydrogen) atoms. The summed E-state index contributed by atoms with van der Waals surface area (Å²) in [6, 6.07) is 0. The maximum Gasteiger partial charge on any atom is 0.309 e. The van der Waals surface area contributed by atoms with Gasteiger partial charge in [0.15, 0.2) is 0 Å². The molecule has 0 aromatic heterocycles. The fourth-order valence-electron chi connectivity index (χ4n) is 6.48. The highest BCUT2D eigenvalue weighted by molar-refractivity contribution is 5.75. The summed E-state index contributed by atoms with van der Waals surface area (Å²) in [6.45, 7) is 10.2. The number of ether oxygens (including phenoxy) is 1. The lowest BCUT2D eigenvalue weighted by Gasteiger charge is -2.59. The molecule has 6 unspecified atom stereocenters. The molecule has 3 aliphatic carbocycles. The minimum Gasteiger partial charge on any atom is -0.481 e. The van der Waals surface area contributed by atoms with Gasteiger partial charge in [0, 0.05) is 12.8 Å². The number of rotatable bonds is 3. The van der Waals surface area contributed by atoms with Crippen molar-refractivity contribution in [1.29, 1.82) is 0 Å². The van der Waals surface area contributed by atoms with Gasteiger partial charge in [0.05, 0.1) is 5.41 Å². The average molecular weight is 363 g/mol. The van der Waals surface area contributed by atoms with Crippen LogP contribution in [0.5, 0.6) is 0 Å². The summed E-state index contributed by atoms with van der Waals surface area (Å²) in [4.78, 5) is 23.9. The van der Waals surface area contributed by atoms with Crippen molar-refractivity contribution in [2.24, 2.45) is 34.5 Å². The molecule has 0 spiro atoms. The molecule has 0 aromatic carbocycles. The maximum atomic E-state index is 12.1. The molecule has 0 aromatic rings. The van der Waals surface area contributed by atoms with E-state index in [2.05, 4.69) is 26.8 Å². The highest BCUT2D eigenvalue weighted by atomic mass is 16.5. The summed E-state index contributed by atoms with van der Waals surface area (Å²) in [5, 5.41) is 9.94. The number of esters is 1. The van der Waals surface area contributed by atoms with Crippen molar-refractivity contribution in [3.05, 3.63) is 11.6 Å². The van der Waals surface area contributed by atoms with E-state index in [1.807, 2.05) is 6.92 Å². The van der Waals surface area contributed by atoms with Crippen molar-refractivity contribution in [1.82, 2.24) is 0 Å². The first-order chi connectivity index (χ1) is 12.1. The second-order valence-electron chi connectivity index (χ2n) is 9.64. The molecule has 2 fully saturated rings. The Morgan fingerprint density at radius 2 is 1.92 bits per heavy atom. The van der Waals surface area contributed by atoms with Gasteiger partial charge >= 0.3 is 11.9 Å². The van der Waals surface area contributed by atoms with Crippen LogP contribution in [0.3, 0.4) is 0 Å². The molecule has 0 saturated heterocycles. The van der Waals surface area contributed by atoms with Crippen LogP contribution in [-0.2, 0) is 14.3 Å². The van der Waals surface area contributed by atoms with Crippen LogP contribution in [0.1, 0.15) is 73.1 Å². The van der Waals surface area contributed by atoms with E-state index in [9.17, 15) is 14.7 Å². The Labute approximate surface area is 157 Å². The van der Waals surface area contributed by atoms with Gasteiger partial charge in [-0.2, -0.15) is 0 Å². The van der Waals surface area contributed by atoms with Crippen molar-refractivity contribution in [3.63, 3.8) is 0 Å². The molecule has 0 bridgehead atoms. The molecule has 0 radical (unpaired) electrons. The smallest absolute Gasteiger partial charge is 0.309 e. The number of carbonyl (C=O) groups excluding carboxylic acids is 1. The summed E-state index contributed by atoms with van der Waals surface area (Å²) in [5.41, 5.74) is 0.606. The predicted molar refractivity (Wildman–Crippen MR) is 100 cm³/mol. The molecule has 0 heterocycles. The van der Waals surface area contributed by atoms with Crippen LogP contribution in [0.4, 0.5) is 0 Å². The van der Waals surface area contributed by atoms with Gasteiger partial charge in [0.25, 0.3) is 0 Å². The molecule has 4 heteroatoms. The molecule has 3 rings (SSSR count). The van der Waals surface area contributed by atoms with Gasteiger partial charge in [-0.05, 0) is 67.8 Å². The number of carboxylic acids is 1. The normalized spacial score (nSPS) is 42.5. The maximum absolute atomic E-state index is 12.1. The van der Waals surface area contributed by atoms with Crippen LogP contribution in [0, 0.1) is 34.5 Å². The minimum atomic E-state index is -0.655. The predicted octanol–water partition coefficient (Wildman–Crippen LogP) is 4.83. The molecule has 1 N–H and O–H groups in total. The molecular weight excluding hydrogens is 328 g/mol. The number of carboxylic acid groups (broad SMARTS) is 1. The largest absolute Gasteiger partial charge is 0.481 e. The Morgan fingerprint density at radius 3 is 2.50 bits per heavy atom. The lowest BCUT2D eigenvalue weighted by molar-refractivity contribution is -0.165. The Morgan fingerprint density at radius 1 is 1.23 bits per heavy atom. The van der Waals surface area contributed by atoms with Gasteiger partial charge in [0.1, 0.15) is 6.10 Å². The molecule has 6 atom stereocenters. The number of hydrogen-bond donors (Lipinski definition) is 1. The van der Waals surface area contributed by atoms with Crippen LogP contribution in [0.2, 0.25) is 0 Å². The van der Waals surface area contributed by atoms with Gasteiger partial charge in [-0.15, -0.1) is 0 Å². The number of carbonyl (C=O) groups is 2. The van der Waals surface area contributed by atoms with Crippen molar-refractivity contribution in [2.45, 2.75) is 79.2 Å². The number of aliphatic carboxylic acids is 1. The third-order valence-corrected chi connectivity index (χ3v) is 7.91. The molecule has 0 amide bonds. The lowest BCUT2D eigenvalue weighted by Crippen LogP contribution is -2.55.